The lowest BCUT2D eigenvalue weighted by Crippen LogP contribution is -2.50. The van der Waals surface area contributed by atoms with Crippen molar-refractivity contribution in [3.8, 4) is 0 Å². The van der Waals surface area contributed by atoms with E-state index >= 15 is 0 Å². The number of anilines is 1. The first kappa shape index (κ1) is 20.8. The van der Waals surface area contributed by atoms with Crippen molar-refractivity contribution in [3.05, 3.63) is 69.7 Å². The largest absolute Gasteiger partial charge is 0.360 e. The van der Waals surface area contributed by atoms with E-state index < -0.39 is 0 Å². The van der Waals surface area contributed by atoms with Crippen molar-refractivity contribution in [1.29, 1.82) is 0 Å². The third-order valence-corrected chi connectivity index (χ3v) is 7.32. The van der Waals surface area contributed by atoms with Gasteiger partial charge in [-0.1, -0.05) is 54.9 Å². The van der Waals surface area contributed by atoms with Gasteiger partial charge in [0.05, 0.1) is 10.5 Å². The molecule has 7 heteroatoms. The minimum absolute atomic E-state index is 0.0155. The Hall–Kier alpha value is -3.12. The van der Waals surface area contributed by atoms with E-state index in [1.807, 2.05) is 47.0 Å². The number of hydrogen-bond donors (Lipinski definition) is 1. The highest BCUT2D eigenvalue weighted by Crippen LogP contribution is 2.56. The van der Waals surface area contributed by atoms with E-state index in [1.54, 1.807) is 13.0 Å². The molecule has 2 aromatic carbocycles. The molecule has 6 nitrogen and oxygen atoms in total. The summed E-state index contributed by atoms with van der Waals surface area (Å²) in [7, 11) is 0. The second kappa shape index (κ2) is 7.48. The molecule has 1 N–H and O–H groups in total. The molecule has 0 radical (unpaired) electrons. The maximum absolute atomic E-state index is 13.6. The Balaban J connectivity index is 1.51. The molecule has 1 aliphatic rings. The van der Waals surface area contributed by atoms with Crippen LogP contribution in [-0.2, 0) is 4.79 Å². The Bertz CT molecular complexity index is 1400. The first-order chi connectivity index (χ1) is 15.3. The Morgan fingerprint density at radius 3 is 2.66 bits per heavy atom. The fourth-order valence-electron chi connectivity index (χ4n) is 5.01. The Morgan fingerprint density at radius 1 is 1.19 bits per heavy atom. The van der Waals surface area contributed by atoms with Gasteiger partial charge in [0.1, 0.15) is 16.7 Å². The highest BCUT2D eigenvalue weighted by atomic mass is 35.5. The molecule has 0 saturated heterocycles. The lowest BCUT2D eigenvalue weighted by Gasteiger charge is -2.53. The number of aromatic nitrogens is 2. The molecule has 4 aromatic rings. The van der Waals surface area contributed by atoms with Gasteiger partial charge in [-0.15, -0.1) is 0 Å². The molecule has 1 fully saturated rings. The summed E-state index contributed by atoms with van der Waals surface area (Å²) in [6.45, 7) is 5.98. The van der Waals surface area contributed by atoms with Gasteiger partial charge in [0, 0.05) is 23.5 Å². The van der Waals surface area contributed by atoms with Crippen molar-refractivity contribution >= 4 is 45.0 Å². The minimum atomic E-state index is -0.258. The fraction of sp³-hybridized carbons (Fsp3) is 0.320. The van der Waals surface area contributed by atoms with Crippen molar-refractivity contribution in [2.45, 2.75) is 39.7 Å². The van der Waals surface area contributed by atoms with Crippen LogP contribution in [0.2, 0.25) is 5.02 Å². The first-order valence-electron chi connectivity index (χ1n) is 10.7. The molecule has 5 rings (SSSR count). The molecule has 1 saturated carbocycles. The summed E-state index contributed by atoms with van der Waals surface area (Å²) in [6.07, 6.45) is 1.13. The zero-order valence-electron chi connectivity index (χ0n) is 18.2. The highest BCUT2D eigenvalue weighted by molar-refractivity contribution is 6.37. The fourth-order valence-corrected chi connectivity index (χ4v) is 5.27. The molecule has 2 atom stereocenters. The number of para-hydroxylation sites is 1. The quantitative estimate of drug-likeness (QED) is 0.432. The number of hydrogen-bond acceptors (Lipinski definition) is 4. The van der Waals surface area contributed by atoms with Crippen LogP contribution in [0.25, 0.3) is 21.8 Å². The summed E-state index contributed by atoms with van der Waals surface area (Å²) in [5.74, 6) is 0.617. The van der Waals surface area contributed by atoms with Crippen molar-refractivity contribution in [1.82, 2.24) is 9.72 Å². The molecular formula is C25H24ClN3O3. The summed E-state index contributed by atoms with van der Waals surface area (Å²) in [4.78, 5) is 26.2. The number of nitrogens with one attached hydrogen (secondary N) is 1. The molecule has 2 aromatic heterocycles. The smallest absolute Gasteiger partial charge is 0.264 e. The maximum Gasteiger partial charge on any atom is 0.264 e. The van der Waals surface area contributed by atoms with Gasteiger partial charge in [-0.05, 0) is 48.9 Å². The molecule has 2 unspecified atom stereocenters. The third-order valence-electron chi connectivity index (χ3n) is 7.00. The lowest BCUT2D eigenvalue weighted by atomic mass is 9.57. The molecule has 0 aliphatic heterocycles. The molecule has 2 heterocycles. The highest BCUT2D eigenvalue weighted by Gasteiger charge is 2.50. The van der Waals surface area contributed by atoms with E-state index in [0.717, 1.165) is 23.0 Å². The summed E-state index contributed by atoms with van der Waals surface area (Å²) in [5.41, 5.74) is 1.65. The van der Waals surface area contributed by atoms with Crippen LogP contribution in [0.5, 0.6) is 0 Å². The van der Waals surface area contributed by atoms with E-state index in [4.69, 9.17) is 16.1 Å². The van der Waals surface area contributed by atoms with Gasteiger partial charge in [-0.3, -0.25) is 9.59 Å². The van der Waals surface area contributed by atoms with Gasteiger partial charge in [0.15, 0.2) is 0 Å². The Kier molecular flexibility index (Phi) is 4.86. The first-order valence-corrected chi connectivity index (χ1v) is 11.1. The normalized spacial score (nSPS) is 19.8. The number of nitrogens with zero attached hydrogens (tertiary/aromatic N) is 2. The van der Waals surface area contributed by atoms with Crippen molar-refractivity contribution in [2.24, 2.45) is 11.3 Å². The summed E-state index contributed by atoms with van der Waals surface area (Å²) in [5, 5.41) is 8.80. The van der Waals surface area contributed by atoms with Gasteiger partial charge >= 0.3 is 0 Å². The number of amides is 1. The molecular weight excluding hydrogens is 426 g/mol. The topological polar surface area (TPSA) is 77.1 Å². The number of benzene rings is 2. The van der Waals surface area contributed by atoms with Crippen LogP contribution in [-0.4, -0.2) is 15.6 Å². The number of aryl methyl sites for hydroxylation is 1. The second-order valence-electron chi connectivity index (χ2n) is 9.16. The van der Waals surface area contributed by atoms with E-state index in [-0.39, 0.29) is 28.8 Å². The standard InChI is InChI=1S/C25H24ClN3O3/c1-14-21-23(28-32-14)22-17(26)10-7-11-18(22)29(24(21)31)19-12-15(25(19,2)3)13-20(30)27-16-8-5-4-6-9-16/h4-11,15,19H,12-13H2,1-3H3,(H,27,30). The van der Waals surface area contributed by atoms with Gasteiger partial charge in [0.2, 0.25) is 5.91 Å². The summed E-state index contributed by atoms with van der Waals surface area (Å²) in [6, 6.07) is 14.9. The maximum atomic E-state index is 13.6. The molecule has 164 valence electrons. The zero-order valence-corrected chi connectivity index (χ0v) is 18.9. The van der Waals surface area contributed by atoms with Gasteiger partial charge in [-0.2, -0.15) is 0 Å². The molecule has 1 aliphatic carbocycles. The number of halogens is 1. The molecule has 0 bridgehead atoms. The predicted octanol–water partition coefficient (Wildman–Crippen LogP) is 5.72. The molecule has 1 amide bonds. The summed E-state index contributed by atoms with van der Waals surface area (Å²) >= 11 is 6.53. The van der Waals surface area contributed by atoms with E-state index in [1.165, 1.54) is 0 Å². The van der Waals surface area contributed by atoms with Crippen LogP contribution in [0, 0.1) is 18.3 Å². The average molecular weight is 450 g/mol. The molecule has 0 spiro atoms. The number of carbonyl (C=O) groups excluding carboxylic acids is 1. The van der Waals surface area contributed by atoms with E-state index in [9.17, 15) is 9.59 Å². The minimum Gasteiger partial charge on any atom is -0.360 e. The van der Waals surface area contributed by atoms with Crippen molar-refractivity contribution in [2.75, 3.05) is 5.32 Å². The van der Waals surface area contributed by atoms with E-state index in [2.05, 4.69) is 24.3 Å². The van der Waals surface area contributed by atoms with Crippen molar-refractivity contribution in [3.63, 3.8) is 0 Å². The van der Waals surface area contributed by atoms with Crippen molar-refractivity contribution < 1.29 is 9.32 Å². The third kappa shape index (κ3) is 3.13. The number of carbonyl (C=O) groups is 1. The number of fused-ring (bicyclic) bond motifs is 3. The average Bonchev–Trinajstić information content (AvgIpc) is 3.15. The summed E-state index contributed by atoms with van der Waals surface area (Å²) < 4.78 is 7.19. The number of pyridine rings is 1. The van der Waals surface area contributed by atoms with Crippen LogP contribution in [0.3, 0.4) is 0 Å². The molecule has 32 heavy (non-hydrogen) atoms. The van der Waals surface area contributed by atoms with Crippen LogP contribution < -0.4 is 10.9 Å². The van der Waals surface area contributed by atoms with E-state index in [0.29, 0.717) is 28.1 Å². The zero-order chi connectivity index (χ0) is 22.6. The van der Waals surface area contributed by atoms with Crippen LogP contribution in [0.4, 0.5) is 5.69 Å². The lowest BCUT2D eigenvalue weighted by molar-refractivity contribution is -0.121. The van der Waals surface area contributed by atoms with Gasteiger partial charge in [-0.25, -0.2) is 0 Å². The predicted molar refractivity (Wildman–Crippen MR) is 126 cm³/mol. The van der Waals surface area contributed by atoms with Crippen LogP contribution in [0.1, 0.15) is 38.5 Å². The Labute approximate surface area is 190 Å². The number of rotatable bonds is 4. The van der Waals surface area contributed by atoms with Gasteiger partial charge < -0.3 is 14.4 Å². The van der Waals surface area contributed by atoms with Crippen LogP contribution in [0.15, 0.2) is 57.8 Å². The van der Waals surface area contributed by atoms with Crippen LogP contribution >= 0.6 is 11.6 Å². The Morgan fingerprint density at radius 2 is 1.94 bits per heavy atom. The SMILES string of the molecule is Cc1onc2c1c(=O)n(C1CC(CC(=O)Nc3ccccc3)C1(C)C)c1cccc(Cl)c21. The van der Waals surface area contributed by atoms with Gasteiger partial charge in [0.25, 0.3) is 5.56 Å². The monoisotopic (exact) mass is 449 g/mol. The second-order valence-corrected chi connectivity index (χ2v) is 9.57.